The molecule has 0 bridgehead atoms. The fourth-order valence-electron chi connectivity index (χ4n) is 5.20. The third-order valence-electron chi connectivity index (χ3n) is 7.26. The number of esters is 1. The van der Waals surface area contributed by atoms with Crippen molar-refractivity contribution in [1.82, 2.24) is 24.3 Å². The Labute approximate surface area is 239 Å². The molecule has 2 aromatic heterocycles. The zero-order chi connectivity index (χ0) is 29.3. The highest BCUT2D eigenvalue weighted by molar-refractivity contribution is 7.89. The van der Waals surface area contributed by atoms with Gasteiger partial charge in [-0.05, 0) is 61.2 Å². The molecule has 2 atom stereocenters. The van der Waals surface area contributed by atoms with Crippen LogP contribution in [0.2, 0.25) is 0 Å². The van der Waals surface area contributed by atoms with Gasteiger partial charge in [-0.25, -0.2) is 13.1 Å². The largest absolute Gasteiger partial charge is 0.494 e. The lowest BCUT2D eigenvalue weighted by Crippen LogP contribution is -2.35. The van der Waals surface area contributed by atoms with Crippen LogP contribution in [0.3, 0.4) is 0 Å². The van der Waals surface area contributed by atoms with Gasteiger partial charge in [0, 0.05) is 25.7 Å². The number of aryl methyl sites for hydroxylation is 2. The highest BCUT2D eigenvalue weighted by Gasteiger charge is 2.34. The Hall–Kier alpha value is -4.03. The number of aromatic nitrogens is 4. The van der Waals surface area contributed by atoms with Crippen LogP contribution in [0.15, 0.2) is 53.7 Å². The molecule has 41 heavy (non-hydrogen) atoms. The van der Waals surface area contributed by atoms with Gasteiger partial charge in [0.05, 0.1) is 32.9 Å². The number of methoxy groups -OCH3 is 1. The highest BCUT2D eigenvalue weighted by atomic mass is 32.2. The summed E-state index contributed by atoms with van der Waals surface area (Å²) in [7, 11) is -0.504. The summed E-state index contributed by atoms with van der Waals surface area (Å²) >= 11 is 0. The first-order valence-corrected chi connectivity index (χ1v) is 14.8. The lowest BCUT2D eigenvalue weighted by molar-refractivity contribution is -0.143. The van der Waals surface area contributed by atoms with Gasteiger partial charge in [-0.15, -0.1) is 5.10 Å². The smallest absolute Gasteiger partial charge is 0.306 e. The average Bonchev–Trinajstić information content (AvgIpc) is 3.28. The summed E-state index contributed by atoms with van der Waals surface area (Å²) in [5.74, 6) is 0.135. The van der Waals surface area contributed by atoms with E-state index < -0.39 is 15.9 Å². The first-order valence-electron chi connectivity index (χ1n) is 13.4. The Bertz CT molecular complexity index is 1700. The molecule has 11 nitrogen and oxygen atoms in total. The number of nitrogens with zero attached hydrogens (tertiary/aromatic N) is 5. The molecule has 1 aliphatic rings. The van der Waals surface area contributed by atoms with E-state index in [1.165, 1.54) is 16.7 Å². The maximum absolute atomic E-state index is 13.7. The summed E-state index contributed by atoms with van der Waals surface area (Å²) in [5.41, 5.74) is 4.76. The van der Waals surface area contributed by atoms with Crippen molar-refractivity contribution < 1.29 is 27.4 Å². The topological polar surface area (TPSA) is 126 Å². The van der Waals surface area contributed by atoms with Crippen molar-refractivity contribution in [3.63, 3.8) is 0 Å². The van der Waals surface area contributed by atoms with E-state index in [0.29, 0.717) is 17.0 Å². The molecule has 4 aromatic rings. The molecule has 216 valence electrons. The molecule has 1 unspecified atom stereocenters. The van der Waals surface area contributed by atoms with Crippen molar-refractivity contribution in [1.29, 1.82) is 0 Å². The molecule has 0 radical (unpaired) electrons. The second-order valence-electron chi connectivity index (χ2n) is 10.1. The molecule has 0 aliphatic carbocycles. The summed E-state index contributed by atoms with van der Waals surface area (Å²) in [6.45, 7) is 6.11. The van der Waals surface area contributed by atoms with E-state index >= 15 is 0 Å². The van der Waals surface area contributed by atoms with Crippen LogP contribution in [0.1, 0.15) is 48.4 Å². The van der Waals surface area contributed by atoms with Crippen LogP contribution in [0, 0.1) is 6.92 Å². The van der Waals surface area contributed by atoms with Gasteiger partial charge in [-0.1, -0.05) is 23.4 Å². The van der Waals surface area contributed by atoms with Crippen molar-refractivity contribution in [3.05, 3.63) is 71.0 Å². The van der Waals surface area contributed by atoms with Crippen LogP contribution in [0.25, 0.3) is 11.0 Å². The van der Waals surface area contributed by atoms with Crippen LogP contribution in [0.4, 0.5) is 0 Å². The molecule has 1 aliphatic heterocycles. The molecule has 2 aromatic carbocycles. The fraction of sp³-hybridized carbons (Fsp3) is 0.379. The minimum atomic E-state index is -3.87. The van der Waals surface area contributed by atoms with Crippen LogP contribution in [-0.2, 0) is 33.1 Å². The molecule has 0 amide bonds. The summed E-state index contributed by atoms with van der Waals surface area (Å²) in [6.07, 6.45) is 2.56. The van der Waals surface area contributed by atoms with Gasteiger partial charge >= 0.3 is 5.97 Å². The second kappa shape index (κ2) is 11.5. The average molecular weight is 580 g/mol. The lowest BCUT2D eigenvalue weighted by atomic mass is 9.86. The van der Waals surface area contributed by atoms with E-state index in [-0.39, 0.29) is 43.1 Å². The zero-order valence-corrected chi connectivity index (χ0v) is 24.5. The Kier molecular flexibility index (Phi) is 7.96. The molecule has 3 heterocycles. The van der Waals surface area contributed by atoms with Crippen molar-refractivity contribution in [3.8, 4) is 11.5 Å². The number of ether oxygens (including phenoxy) is 3. The minimum Gasteiger partial charge on any atom is -0.494 e. The summed E-state index contributed by atoms with van der Waals surface area (Å²) in [5, 5.41) is 8.38. The number of sulfonamides is 1. The molecule has 0 fully saturated rings. The van der Waals surface area contributed by atoms with E-state index in [9.17, 15) is 13.2 Å². The van der Waals surface area contributed by atoms with Crippen LogP contribution in [0.5, 0.6) is 11.5 Å². The van der Waals surface area contributed by atoms with Crippen molar-refractivity contribution in [2.75, 3.05) is 20.3 Å². The summed E-state index contributed by atoms with van der Waals surface area (Å²) in [4.78, 5) is 16.8. The van der Waals surface area contributed by atoms with Crippen molar-refractivity contribution in [2.24, 2.45) is 7.05 Å². The molecular weight excluding hydrogens is 546 g/mol. The third kappa shape index (κ3) is 5.62. The third-order valence-corrected chi connectivity index (χ3v) is 9.08. The molecule has 12 heteroatoms. The fourth-order valence-corrected chi connectivity index (χ4v) is 6.76. The van der Waals surface area contributed by atoms with Gasteiger partial charge in [0.15, 0.2) is 0 Å². The number of pyridine rings is 1. The quantitative estimate of drug-likeness (QED) is 0.287. The van der Waals surface area contributed by atoms with Crippen LogP contribution in [-0.4, -0.2) is 65.0 Å². The van der Waals surface area contributed by atoms with Crippen LogP contribution >= 0.6 is 0 Å². The molecular formula is C29H33N5O6S. The number of carbonyl (C=O) groups is 1. The summed E-state index contributed by atoms with van der Waals surface area (Å²) < 4.78 is 47.2. The summed E-state index contributed by atoms with van der Waals surface area (Å²) in [6, 6.07) is 11.2. The monoisotopic (exact) mass is 579 g/mol. The predicted molar refractivity (Wildman–Crippen MR) is 151 cm³/mol. The van der Waals surface area contributed by atoms with Gasteiger partial charge < -0.3 is 14.2 Å². The SMILES string of the molecule is CCOC(=O)CC(c1ccc(C)c(CN2C[C@@H](C)Oc3ccncc3S2(=O)=O)c1)c1cc(OC)c2c(c1)nnn2C. The zero-order valence-electron chi connectivity index (χ0n) is 23.7. The number of hydrogen-bond acceptors (Lipinski definition) is 9. The Balaban J connectivity index is 1.56. The van der Waals surface area contributed by atoms with E-state index in [1.807, 2.05) is 44.2 Å². The van der Waals surface area contributed by atoms with Gasteiger partial charge in [-0.2, -0.15) is 4.31 Å². The molecule has 0 spiro atoms. The van der Waals surface area contributed by atoms with Gasteiger partial charge in [0.2, 0.25) is 10.0 Å². The number of benzene rings is 2. The maximum Gasteiger partial charge on any atom is 0.306 e. The maximum atomic E-state index is 13.7. The molecule has 0 N–H and O–H groups in total. The normalized spacial score (nSPS) is 17.3. The van der Waals surface area contributed by atoms with Crippen molar-refractivity contribution in [2.45, 2.75) is 50.7 Å². The van der Waals surface area contributed by atoms with E-state index in [0.717, 1.165) is 27.8 Å². The number of carbonyl (C=O) groups excluding carboxylic acids is 1. The number of rotatable bonds is 8. The Morgan fingerprint density at radius 1 is 1.20 bits per heavy atom. The standard InChI is InChI=1S/C29H33N5O6S/c1-6-39-28(35)14-23(21-12-24-29(26(13-21)38-5)33(4)32-31-24)20-8-7-18(2)22(11-20)17-34-16-19(3)40-25-9-10-30-15-27(25)41(34,36)37/h7-13,15,19,23H,6,14,16-17H2,1-5H3/t19-,23?/m1/s1. The Morgan fingerprint density at radius 2 is 2.00 bits per heavy atom. The van der Waals surface area contributed by atoms with Gasteiger partial charge in [-0.3, -0.25) is 9.78 Å². The first kappa shape index (κ1) is 28.5. The van der Waals surface area contributed by atoms with E-state index in [4.69, 9.17) is 14.2 Å². The van der Waals surface area contributed by atoms with Crippen molar-refractivity contribution >= 4 is 27.0 Å². The highest BCUT2D eigenvalue weighted by Crippen LogP contribution is 2.36. The minimum absolute atomic E-state index is 0.0442. The molecule has 0 saturated carbocycles. The molecule has 0 saturated heterocycles. The van der Waals surface area contributed by atoms with E-state index in [1.54, 1.807) is 31.8 Å². The van der Waals surface area contributed by atoms with Gasteiger partial charge in [0.25, 0.3) is 0 Å². The van der Waals surface area contributed by atoms with Gasteiger partial charge in [0.1, 0.15) is 33.5 Å². The van der Waals surface area contributed by atoms with E-state index in [2.05, 4.69) is 15.3 Å². The second-order valence-corrected chi connectivity index (χ2v) is 12.0. The van der Waals surface area contributed by atoms with Crippen LogP contribution < -0.4 is 9.47 Å². The number of hydrogen-bond donors (Lipinski definition) is 0. The molecule has 5 rings (SSSR count). The predicted octanol–water partition coefficient (Wildman–Crippen LogP) is 3.74. The first-order chi connectivity index (χ1) is 19.6. The number of fused-ring (bicyclic) bond motifs is 2. The lowest BCUT2D eigenvalue weighted by Gasteiger charge is -2.24. The Morgan fingerprint density at radius 3 is 2.76 bits per heavy atom.